The fourth-order valence-corrected chi connectivity index (χ4v) is 4.49. The lowest BCUT2D eigenvalue weighted by Gasteiger charge is -2.34. The number of halogens is 1. The lowest BCUT2D eigenvalue weighted by atomic mass is 10.2. The second-order valence-corrected chi connectivity index (χ2v) is 8.20. The van der Waals surface area contributed by atoms with Crippen molar-refractivity contribution in [3.8, 4) is 10.6 Å². The van der Waals surface area contributed by atoms with E-state index in [-0.39, 0.29) is 17.3 Å². The van der Waals surface area contributed by atoms with Gasteiger partial charge in [0.25, 0.3) is 11.5 Å². The van der Waals surface area contributed by atoms with Crippen molar-refractivity contribution >= 4 is 22.2 Å². The Morgan fingerprint density at radius 3 is 2.71 bits per heavy atom. The van der Waals surface area contributed by atoms with Crippen LogP contribution in [0.25, 0.3) is 15.5 Å². The maximum absolute atomic E-state index is 13.5. The molecule has 0 bridgehead atoms. The van der Waals surface area contributed by atoms with Gasteiger partial charge in [-0.1, -0.05) is 23.5 Å². The summed E-state index contributed by atoms with van der Waals surface area (Å²) < 4.78 is 20.0. The van der Waals surface area contributed by atoms with Crippen molar-refractivity contribution in [1.82, 2.24) is 24.4 Å². The van der Waals surface area contributed by atoms with E-state index < -0.39 is 0 Å². The third-order valence-electron chi connectivity index (χ3n) is 5.15. The van der Waals surface area contributed by atoms with Gasteiger partial charge in [-0.15, -0.1) is 0 Å². The molecule has 158 valence electrons. The van der Waals surface area contributed by atoms with E-state index in [0.29, 0.717) is 59.7 Å². The monoisotopic (exact) mass is 439 g/mol. The van der Waals surface area contributed by atoms with Crippen LogP contribution in [0.1, 0.15) is 16.2 Å². The summed E-state index contributed by atoms with van der Waals surface area (Å²) in [4.78, 5) is 33.9. The van der Waals surface area contributed by atoms with Crippen molar-refractivity contribution in [3.63, 3.8) is 0 Å². The van der Waals surface area contributed by atoms with Crippen molar-refractivity contribution in [2.24, 2.45) is 0 Å². The molecule has 10 heteroatoms. The molecule has 1 aliphatic rings. The number of carbonyl (C=O) groups excluding carboxylic acids is 1. The van der Waals surface area contributed by atoms with Crippen LogP contribution >= 0.6 is 11.3 Å². The van der Waals surface area contributed by atoms with Crippen LogP contribution in [0.2, 0.25) is 0 Å². The molecule has 0 saturated carbocycles. The van der Waals surface area contributed by atoms with E-state index in [1.165, 1.54) is 40.3 Å². The number of nitrogens with zero attached hydrogens (tertiary/aromatic N) is 5. The van der Waals surface area contributed by atoms with Gasteiger partial charge in [-0.2, -0.15) is 9.61 Å². The summed E-state index contributed by atoms with van der Waals surface area (Å²) in [6, 6.07) is 10.9. The van der Waals surface area contributed by atoms with Crippen LogP contribution in [-0.4, -0.2) is 56.5 Å². The molecule has 31 heavy (non-hydrogen) atoms. The van der Waals surface area contributed by atoms with Crippen LogP contribution in [0.15, 0.2) is 57.9 Å². The Balaban J connectivity index is 1.30. The Morgan fingerprint density at radius 2 is 1.97 bits per heavy atom. The minimum absolute atomic E-state index is 0.114. The molecule has 8 nitrogen and oxygen atoms in total. The van der Waals surface area contributed by atoms with Gasteiger partial charge in [0.2, 0.25) is 4.96 Å². The van der Waals surface area contributed by atoms with E-state index in [1.807, 2.05) is 0 Å². The number of furan rings is 1. The molecule has 5 rings (SSSR count). The summed E-state index contributed by atoms with van der Waals surface area (Å²) in [6.07, 6.45) is 1.49. The molecular formula is C21H18FN5O3S. The average Bonchev–Trinajstić information content (AvgIpc) is 3.44. The molecule has 1 fully saturated rings. The first-order valence-corrected chi connectivity index (χ1v) is 10.6. The predicted molar refractivity (Wildman–Crippen MR) is 112 cm³/mol. The number of rotatable bonds is 4. The second-order valence-electron chi connectivity index (χ2n) is 7.24. The van der Waals surface area contributed by atoms with E-state index in [1.54, 1.807) is 29.2 Å². The molecule has 4 heterocycles. The first kappa shape index (κ1) is 19.6. The molecule has 4 aromatic rings. The lowest BCUT2D eigenvalue weighted by molar-refractivity contribution is 0.0596. The molecule has 0 N–H and O–H groups in total. The van der Waals surface area contributed by atoms with Crippen LogP contribution in [0.4, 0.5) is 4.39 Å². The largest absolute Gasteiger partial charge is 0.459 e. The standard InChI is InChI=1S/C21H18FN5O3S/c22-15-4-1-3-14(11-15)19-24-27-18(28)12-16(23-21(27)31-19)13-25-6-8-26(9-7-25)20(29)17-5-2-10-30-17/h1-5,10-12H,6-9,13H2. The highest BCUT2D eigenvalue weighted by Gasteiger charge is 2.24. The normalized spacial score (nSPS) is 14.9. The molecule has 0 spiro atoms. The summed E-state index contributed by atoms with van der Waals surface area (Å²) in [5.74, 6) is -0.132. The van der Waals surface area contributed by atoms with Gasteiger partial charge in [0.15, 0.2) is 5.76 Å². The van der Waals surface area contributed by atoms with Crippen LogP contribution in [0, 0.1) is 5.82 Å². The summed E-state index contributed by atoms with van der Waals surface area (Å²) in [5.41, 5.74) is 0.976. The van der Waals surface area contributed by atoms with Gasteiger partial charge in [-0.05, 0) is 24.3 Å². The number of fused-ring (bicyclic) bond motifs is 1. The van der Waals surface area contributed by atoms with Gasteiger partial charge in [-0.3, -0.25) is 14.5 Å². The number of benzene rings is 1. The minimum Gasteiger partial charge on any atom is -0.459 e. The van der Waals surface area contributed by atoms with Gasteiger partial charge in [0, 0.05) is 44.4 Å². The third-order valence-corrected chi connectivity index (χ3v) is 6.10. The van der Waals surface area contributed by atoms with Crippen LogP contribution in [0.5, 0.6) is 0 Å². The summed E-state index contributed by atoms with van der Waals surface area (Å²) in [5, 5.41) is 4.83. The molecule has 0 atom stereocenters. The Hall–Kier alpha value is -3.37. The van der Waals surface area contributed by atoms with Crippen LogP contribution in [0.3, 0.4) is 0 Å². The zero-order valence-corrected chi connectivity index (χ0v) is 17.2. The lowest BCUT2D eigenvalue weighted by Crippen LogP contribution is -2.48. The predicted octanol–water partition coefficient (Wildman–Crippen LogP) is 2.51. The zero-order valence-electron chi connectivity index (χ0n) is 16.4. The van der Waals surface area contributed by atoms with Gasteiger partial charge < -0.3 is 9.32 Å². The van der Waals surface area contributed by atoms with E-state index in [9.17, 15) is 14.0 Å². The highest BCUT2D eigenvalue weighted by Crippen LogP contribution is 2.25. The Kier molecular flexibility index (Phi) is 5.08. The van der Waals surface area contributed by atoms with Crippen molar-refractivity contribution < 1.29 is 13.6 Å². The summed E-state index contributed by atoms with van der Waals surface area (Å²) in [6.45, 7) is 2.99. The van der Waals surface area contributed by atoms with Crippen molar-refractivity contribution in [3.05, 3.63) is 76.4 Å². The number of amides is 1. The van der Waals surface area contributed by atoms with Gasteiger partial charge in [0.05, 0.1) is 12.0 Å². The highest BCUT2D eigenvalue weighted by molar-refractivity contribution is 7.19. The van der Waals surface area contributed by atoms with Crippen molar-refractivity contribution in [2.75, 3.05) is 26.2 Å². The van der Waals surface area contributed by atoms with Gasteiger partial charge in [-0.25, -0.2) is 9.37 Å². The highest BCUT2D eigenvalue weighted by atomic mass is 32.1. The van der Waals surface area contributed by atoms with E-state index in [0.717, 1.165) is 0 Å². The molecule has 0 radical (unpaired) electrons. The Bertz CT molecular complexity index is 1290. The molecule has 1 aromatic carbocycles. The van der Waals surface area contributed by atoms with Crippen LogP contribution in [-0.2, 0) is 6.54 Å². The van der Waals surface area contributed by atoms with Gasteiger partial charge >= 0.3 is 0 Å². The van der Waals surface area contributed by atoms with E-state index >= 15 is 0 Å². The van der Waals surface area contributed by atoms with Crippen LogP contribution < -0.4 is 5.56 Å². The molecule has 1 amide bonds. The Morgan fingerprint density at radius 1 is 1.13 bits per heavy atom. The summed E-state index contributed by atoms with van der Waals surface area (Å²) >= 11 is 1.24. The fourth-order valence-electron chi connectivity index (χ4n) is 3.57. The number of aromatic nitrogens is 3. The fraction of sp³-hybridized carbons (Fsp3) is 0.238. The quantitative estimate of drug-likeness (QED) is 0.486. The number of hydrogen-bond donors (Lipinski definition) is 0. The van der Waals surface area contributed by atoms with Gasteiger partial charge in [0.1, 0.15) is 10.8 Å². The van der Waals surface area contributed by atoms with E-state index in [4.69, 9.17) is 4.42 Å². The first-order valence-electron chi connectivity index (χ1n) is 9.78. The number of hydrogen-bond acceptors (Lipinski definition) is 7. The average molecular weight is 439 g/mol. The zero-order chi connectivity index (χ0) is 21.4. The van der Waals surface area contributed by atoms with Crippen molar-refractivity contribution in [2.45, 2.75) is 6.54 Å². The topological polar surface area (TPSA) is 84.0 Å². The second kappa shape index (κ2) is 8.05. The minimum atomic E-state index is -0.359. The maximum atomic E-state index is 13.5. The smallest absolute Gasteiger partial charge is 0.289 e. The molecule has 1 aliphatic heterocycles. The summed E-state index contributed by atoms with van der Waals surface area (Å²) in [7, 11) is 0. The molecule has 1 saturated heterocycles. The maximum Gasteiger partial charge on any atom is 0.289 e. The number of carbonyl (C=O) groups is 1. The molecule has 0 aliphatic carbocycles. The number of piperazine rings is 1. The van der Waals surface area contributed by atoms with Crippen molar-refractivity contribution in [1.29, 1.82) is 0 Å². The first-order chi connectivity index (χ1) is 15.1. The molecular weight excluding hydrogens is 421 g/mol. The SMILES string of the molecule is O=C(c1ccco1)N1CCN(Cc2cc(=O)n3nc(-c4cccc(F)c4)sc3n2)CC1. The third kappa shape index (κ3) is 3.99. The Labute approximate surface area is 180 Å². The molecule has 3 aromatic heterocycles. The molecule has 0 unspecified atom stereocenters. The van der Waals surface area contributed by atoms with E-state index in [2.05, 4.69) is 15.0 Å².